The van der Waals surface area contributed by atoms with Crippen molar-refractivity contribution in [2.45, 2.75) is 38.0 Å². The lowest BCUT2D eigenvalue weighted by atomic mass is 10.1. The Morgan fingerprint density at radius 1 is 0.750 bits per heavy atom. The Hall–Kier alpha value is -2.20. The van der Waals surface area contributed by atoms with Gasteiger partial charge in [-0.25, -0.2) is 0 Å². The second-order valence-corrected chi connectivity index (χ2v) is 12.8. The quantitative estimate of drug-likeness (QED) is 0.451. The number of rotatable bonds is 6. The molecule has 1 aliphatic heterocycles. The Bertz CT molecular complexity index is 849. The minimum absolute atomic E-state index is 0.00710. The van der Waals surface area contributed by atoms with Gasteiger partial charge in [0.15, 0.2) is 0 Å². The van der Waals surface area contributed by atoms with Crippen LogP contribution in [0.25, 0.3) is 0 Å². The number of hydrogen-bond acceptors (Lipinski definition) is 2. The molecule has 0 unspecified atom stereocenters. The molecule has 0 amide bonds. The van der Waals surface area contributed by atoms with Gasteiger partial charge in [-0.05, 0) is 21.0 Å². The van der Waals surface area contributed by atoms with E-state index in [1.54, 1.807) is 0 Å². The Labute approximate surface area is 169 Å². The molecule has 0 aromatic heterocycles. The molecule has 3 aromatic rings. The second kappa shape index (κ2) is 7.67. The molecule has 0 aliphatic carbocycles. The Kier molecular flexibility index (Phi) is 5.24. The second-order valence-electron chi connectivity index (χ2n) is 8.48. The summed E-state index contributed by atoms with van der Waals surface area (Å²) in [6.07, 6.45) is 0.281. The average Bonchev–Trinajstić information content (AvgIpc) is 3.49. The molecule has 1 fully saturated rings. The predicted octanol–water partition coefficient (Wildman–Crippen LogP) is 4.70. The highest BCUT2D eigenvalue weighted by atomic mass is 28.4. The molecule has 2 atom stereocenters. The van der Waals surface area contributed by atoms with E-state index < -0.39 is 8.32 Å². The summed E-state index contributed by atoms with van der Waals surface area (Å²) in [5, 5.41) is 2.61. The summed E-state index contributed by atoms with van der Waals surface area (Å²) >= 11 is 0. The van der Waals surface area contributed by atoms with E-state index in [1.165, 1.54) is 15.9 Å². The highest BCUT2D eigenvalue weighted by Crippen LogP contribution is 2.42. The molecular formula is C25H28O2Si. The molecule has 1 saturated heterocycles. The zero-order chi connectivity index (χ0) is 19.6. The van der Waals surface area contributed by atoms with Crippen molar-refractivity contribution < 1.29 is 9.16 Å². The van der Waals surface area contributed by atoms with Crippen LogP contribution in [-0.2, 0) is 9.16 Å². The van der Waals surface area contributed by atoms with E-state index in [1.807, 2.05) is 6.07 Å². The molecule has 0 radical (unpaired) electrons. The van der Waals surface area contributed by atoms with Crippen molar-refractivity contribution in [2.75, 3.05) is 6.61 Å². The maximum Gasteiger partial charge on any atom is 0.261 e. The lowest BCUT2D eigenvalue weighted by molar-refractivity contribution is 0.248. The first kappa shape index (κ1) is 19.1. The van der Waals surface area contributed by atoms with Crippen LogP contribution in [0.3, 0.4) is 0 Å². The first-order valence-corrected chi connectivity index (χ1v) is 11.9. The van der Waals surface area contributed by atoms with Crippen LogP contribution in [0.4, 0.5) is 0 Å². The molecule has 0 N–H and O–H groups in total. The van der Waals surface area contributed by atoms with Crippen LogP contribution in [0, 0.1) is 0 Å². The summed E-state index contributed by atoms with van der Waals surface area (Å²) in [5.41, 5.74) is 1.23. The summed E-state index contributed by atoms with van der Waals surface area (Å²) in [7, 11) is -2.48. The van der Waals surface area contributed by atoms with E-state index in [0.29, 0.717) is 6.61 Å². The fraction of sp³-hybridized carbons (Fsp3) is 0.280. The summed E-state index contributed by atoms with van der Waals surface area (Å²) in [6.45, 7) is 7.54. The average molecular weight is 389 g/mol. The van der Waals surface area contributed by atoms with E-state index >= 15 is 0 Å². The van der Waals surface area contributed by atoms with Crippen LogP contribution >= 0.6 is 0 Å². The maximum atomic E-state index is 6.96. The van der Waals surface area contributed by atoms with Crippen LogP contribution in [0.5, 0.6) is 0 Å². The molecule has 2 nitrogen and oxygen atoms in total. The first-order valence-electron chi connectivity index (χ1n) is 9.98. The topological polar surface area (TPSA) is 21.8 Å². The van der Waals surface area contributed by atoms with Crippen molar-refractivity contribution in [1.29, 1.82) is 0 Å². The first-order chi connectivity index (χ1) is 13.5. The zero-order valence-corrected chi connectivity index (χ0v) is 17.8. The molecule has 0 spiro atoms. The summed E-state index contributed by atoms with van der Waals surface area (Å²) < 4.78 is 12.9. The van der Waals surface area contributed by atoms with Gasteiger partial charge in [0.1, 0.15) is 12.2 Å². The van der Waals surface area contributed by atoms with Gasteiger partial charge in [0.2, 0.25) is 0 Å². The molecule has 144 valence electrons. The molecule has 1 aliphatic rings. The highest BCUT2D eigenvalue weighted by molar-refractivity contribution is 6.99. The number of epoxide rings is 1. The summed E-state index contributed by atoms with van der Waals surface area (Å²) in [4.78, 5) is 0. The van der Waals surface area contributed by atoms with Crippen LogP contribution in [-0.4, -0.2) is 21.0 Å². The van der Waals surface area contributed by atoms with E-state index in [-0.39, 0.29) is 17.2 Å². The third kappa shape index (κ3) is 3.58. The Morgan fingerprint density at radius 2 is 1.21 bits per heavy atom. The van der Waals surface area contributed by atoms with Crippen molar-refractivity contribution >= 4 is 18.7 Å². The number of benzene rings is 3. The normalized spacial score (nSPS) is 19.4. The monoisotopic (exact) mass is 388 g/mol. The van der Waals surface area contributed by atoms with Gasteiger partial charge < -0.3 is 9.16 Å². The smallest absolute Gasteiger partial charge is 0.261 e. The predicted molar refractivity (Wildman–Crippen MR) is 118 cm³/mol. The molecule has 0 bridgehead atoms. The summed E-state index contributed by atoms with van der Waals surface area (Å²) in [5.74, 6) is 0. The number of ether oxygens (including phenoxy) is 1. The SMILES string of the molecule is CC(C)(C)[Si](OC[C@H]1O[C@@H]1c1ccccc1)(c1ccccc1)c1ccccc1. The number of hydrogen-bond donors (Lipinski definition) is 0. The Balaban J connectivity index is 1.66. The standard InChI is InChI=1S/C25H28O2Si/c1-25(2,3)28(21-15-9-5-10-16-21,22-17-11-6-12-18-22)26-19-23-24(27-23)20-13-7-4-8-14-20/h4-18,23-24H,19H2,1-3H3/t23-,24-/m1/s1. The van der Waals surface area contributed by atoms with Gasteiger partial charge in [0, 0.05) is 0 Å². The van der Waals surface area contributed by atoms with Gasteiger partial charge in [-0.3, -0.25) is 0 Å². The van der Waals surface area contributed by atoms with E-state index in [4.69, 9.17) is 9.16 Å². The van der Waals surface area contributed by atoms with Crippen molar-refractivity contribution in [3.8, 4) is 0 Å². The van der Waals surface area contributed by atoms with Crippen LogP contribution in [0.2, 0.25) is 5.04 Å². The van der Waals surface area contributed by atoms with E-state index in [9.17, 15) is 0 Å². The van der Waals surface area contributed by atoms with E-state index in [2.05, 4.69) is 106 Å². The molecule has 4 rings (SSSR count). The highest BCUT2D eigenvalue weighted by Gasteiger charge is 2.52. The minimum Gasteiger partial charge on any atom is -0.405 e. The minimum atomic E-state index is -2.48. The zero-order valence-electron chi connectivity index (χ0n) is 16.8. The van der Waals surface area contributed by atoms with Crippen molar-refractivity contribution in [1.82, 2.24) is 0 Å². The van der Waals surface area contributed by atoms with Crippen LogP contribution in [0.15, 0.2) is 91.0 Å². The van der Waals surface area contributed by atoms with Crippen LogP contribution in [0.1, 0.15) is 32.4 Å². The maximum absolute atomic E-state index is 6.96. The van der Waals surface area contributed by atoms with Gasteiger partial charge in [0.25, 0.3) is 8.32 Å². The van der Waals surface area contributed by atoms with Gasteiger partial charge in [-0.1, -0.05) is 112 Å². The van der Waals surface area contributed by atoms with Crippen molar-refractivity contribution in [3.63, 3.8) is 0 Å². The largest absolute Gasteiger partial charge is 0.405 e. The van der Waals surface area contributed by atoms with Crippen molar-refractivity contribution in [3.05, 3.63) is 96.6 Å². The Morgan fingerprint density at radius 3 is 1.68 bits per heavy atom. The summed E-state index contributed by atoms with van der Waals surface area (Å²) in [6, 6.07) is 32.0. The van der Waals surface area contributed by atoms with Gasteiger partial charge in [-0.15, -0.1) is 0 Å². The fourth-order valence-electron chi connectivity index (χ4n) is 4.17. The lowest BCUT2D eigenvalue weighted by Crippen LogP contribution is -2.66. The molecule has 3 heteroatoms. The van der Waals surface area contributed by atoms with Crippen LogP contribution < -0.4 is 10.4 Å². The van der Waals surface area contributed by atoms with Crippen molar-refractivity contribution in [2.24, 2.45) is 0 Å². The molecule has 3 aromatic carbocycles. The van der Waals surface area contributed by atoms with Gasteiger partial charge in [0.05, 0.1) is 6.61 Å². The third-order valence-electron chi connectivity index (χ3n) is 5.59. The molecular weight excluding hydrogens is 360 g/mol. The lowest BCUT2D eigenvalue weighted by Gasteiger charge is -2.43. The van der Waals surface area contributed by atoms with Gasteiger partial charge >= 0.3 is 0 Å². The third-order valence-corrected chi connectivity index (χ3v) is 10.6. The molecule has 0 saturated carbocycles. The van der Waals surface area contributed by atoms with Gasteiger partial charge in [-0.2, -0.15) is 0 Å². The molecule has 28 heavy (non-hydrogen) atoms. The molecule has 1 heterocycles. The fourth-order valence-corrected chi connectivity index (χ4v) is 8.74. The van der Waals surface area contributed by atoms with E-state index in [0.717, 1.165) is 0 Å².